The topological polar surface area (TPSA) is 75.8 Å². The molecule has 7 heteroatoms. The van der Waals surface area contributed by atoms with E-state index in [1.807, 2.05) is 4.90 Å². The number of halogens is 1. The van der Waals surface area contributed by atoms with Gasteiger partial charge in [-0.05, 0) is 12.1 Å². The lowest BCUT2D eigenvalue weighted by molar-refractivity contribution is -0.385. The first-order valence-electron chi connectivity index (χ1n) is 5.97. The molecular weight excluding hydrogens is 272 g/mol. The molecular formula is C12H15ClN2O4. The number of morpholine rings is 1. The Morgan fingerprint density at radius 3 is 3.05 bits per heavy atom. The zero-order valence-electron chi connectivity index (χ0n) is 10.3. The number of benzene rings is 1. The van der Waals surface area contributed by atoms with Gasteiger partial charge in [-0.3, -0.25) is 15.0 Å². The van der Waals surface area contributed by atoms with Crippen LogP contribution in [0.15, 0.2) is 18.2 Å². The van der Waals surface area contributed by atoms with Gasteiger partial charge in [0.15, 0.2) is 0 Å². The molecule has 1 aromatic carbocycles. The van der Waals surface area contributed by atoms with E-state index in [0.717, 1.165) is 0 Å². The van der Waals surface area contributed by atoms with Gasteiger partial charge in [0.2, 0.25) is 0 Å². The normalized spacial score (nSPS) is 20.4. The van der Waals surface area contributed by atoms with Gasteiger partial charge in [-0.1, -0.05) is 11.6 Å². The summed E-state index contributed by atoms with van der Waals surface area (Å²) in [5, 5.41) is 20.7. The summed E-state index contributed by atoms with van der Waals surface area (Å²) in [4.78, 5) is 12.6. The van der Waals surface area contributed by atoms with Gasteiger partial charge in [0.1, 0.15) is 0 Å². The molecule has 6 nitrogen and oxygen atoms in total. The van der Waals surface area contributed by atoms with Crippen LogP contribution in [-0.4, -0.2) is 47.3 Å². The van der Waals surface area contributed by atoms with Gasteiger partial charge >= 0.3 is 0 Å². The maximum Gasteiger partial charge on any atom is 0.275 e. The third-order valence-corrected chi connectivity index (χ3v) is 3.41. The van der Waals surface area contributed by atoms with Gasteiger partial charge in [-0.15, -0.1) is 0 Å². The minimum absolute atomic E-state index is 0.00989. The van der Waals surface area contributed by atoms with Gasteiger partial charge in [0.05, 0.1) is 30.8 Å². The zero-order valence-corrected chi connectivity index (χ0v) is 11.0. The average molecular weight is 287 g/mol. The van der Waals surface area contributed by atoms with Gasteiger partial charge < -0.3 is 9.84 Å². The molecule has 1 heterocycles. The molecule has 1 unspecified atom stereocenters. The molecule has 1 N–H and O–H groups in total. The van der Waals surface area contributed by atoms with Crippen molar-refractivity contribution in [3.8, 4) is 0 Å². The first-order chi connectivity index (χ1) is 9.11. The van der Waals surface area contributed by atoms with Crippen LogP contribution in [0.3, 0.4) is 0 Å². The van der Waals surface area contributed by atoms with Crippen molar-refractivity contribution in [1.29, 1.82) is 0 Å². The van der Waals surface area contributed by atoms with E-state index in [1.54, 1.807) is 12.1 Å². The maximum atomic E-state index is 11.0. The molecule has 0 bridgehead atoms. The van der Waals surface area contributed by atoms with Crippen LogP contribution in [0.1, 0.15) is 5.56 Å². The van der Waals surface area contributed by atoms with Crippen LogP contribution in [0.5, 0.6) is 0 Å². The number of nitro groups is 1. The van der Waals surface area contributed by atoms with Crippen LogP contribution in [0.2, 0.25) is 5.02 Å². The van der Waals surface area contributed by atoms with Gasteiger partial charge in [0, 0.05) is 29.7 Å². The quantitative estimate of drug-likeness (QED) is 0.669. The Morgan fingerprint density at radius 2 is 2.37 bits per heavy atom. The van der Waals surface area contributed by atoms with Crippen molar-refractivity contribution in [2.24, 2.45) is 0 Å². The van der Waals surface area contributed by atoms with E-state index in [0.29, 0.717) is 36.9 Å². The SMILES string of the molecule is O=[N+]([O-])c1cc(Cl)ccc1CN1CCOCC1CO. The van der Waals surface area contributed by atoms with E-state index >= 15 is 0 Å². The molecule has 1 saturated heterocycles. The molecule has 1 aliphatic rings. The minimum Gasteiger partial charge on any atom is -0.395 e. The van der Waals surface area contributed by atoms with Crippen LogP contribution in [-0.2, 0) is 11.3 Å². The second-order valence-electron chi connectivity index (χ2n) is 4.41. The Morgan fingerprint density at radius 1 is 1.58 bits per heavy atom. The lowest BCUT2D eigenvalue weighted by Gasteiger charge is -2.34. The van der Waals surface area contributed by atoms with Crippen molar-refractivity contribution in [3.05, 3.63) is 38.9 Å². The highest BCUT2D eigenvalue weighted by molar-refractivity contribution is 6.30. The molecule has 1 atom stereocenters. The van der Waals surface area contributed by atoms with E-state index in [4.69, 9.17) is 16.3 Å². The largest absolute Gasteiger partial charge is 0.395 e. The number of hydrogen-bond donors (Lipinski definition) is 1. The predicted octanol–water partition coefficient (Wildman–Crippen LogP) is 1.44. The smallest absolute Gasteiger partial charge is 0.275 e. The first kappa shape index (κ1) is 14.2. The molecule has 0 spiro atoms. The molecule has 2 rings (SSSR count). The fourth-order valence-corrected chi connectivity index (χ4v) is 2.29. The number of hydrogen-bond acceptors (Lipinski definition) is 5. The molecule has 1 fully saturated rings. The highest BCUT2D eigenvalue weighted by atomic mass is 35.5. The number of aliphatic hydroxyl groups excluding tert-OH is 1. The van der Waals surface area contributed by atoms with Crippen molar-refractivity contribution in [1.82, 2.24) is 4.90 Å². The lowest BCUT2D eigenvalue weighted by Crippen LogP contribution is -2.46. The van der Waals surface area contributed by atoms with Crippen molar-refractivity contribution in [2.45, 2.75) is 12.6 Å². The molecule has 0 saturated carbocycles. The minimum atomic E-state index is -0.435. The van der Waals surface area contributed by atoms with Crippen LogP contribution >= 0.6 is 11.6 Å². The fraction of sp³-hybridized carbons (Fsp3) is 0.500. The molecule has 0 amide bonds. The predicted molar refractivity (Wildman–Crippen MR) is 70.2 cm³/mol. The van der Waals surface area contributed by atoms with Crippen LogP contribution in [0, 0.1) is 10.1 Å². The van der Waals surface area contributed by atoms with E-state index < -0.39 is 4.92 Å². The van der Waals surface area contributed by atoms with Crippen molar-refractivity contribution in [2.75, 3.05) is 26.4 Å². The Kier molecular flexibility index (Phi) is 4.71. The summed E-state index contributed by atoms with van der Waals surface area (Å²) in [6.07, 6.45) is 0. The fourth-order valence-electron chi connectivity index (χ4n) is 2.12. The molecule has 1 aliphatic heterocycles. The zero-order chi connectivity index (χ0) is 13.8. The summed E-state index contributed by atoms with van der Waals surface area (Å²) in [6, 6.07) is 4.53. The lowest BCUT2D eigenvalue weighted by atomic mass is 10.1. The average Bonchev–Trinajstić information content (AvgIpc) is 2.41. The highest BCUT2D eigenvalue weighted by Crippen LogP contribution is 2.25. The second kappa shape index (κ2) is 6.29. The third-order valence-electron chi connectivity index (χ3n) is 3.18. The number of nitrogens with zero attached hydrogens (tertiary/aromatic N) is 2. The van der Waals surface area contributed by atoms with Crippen LogP contribution < -0.4 is 0 Å². The molecule has 0 radical (unpaired) electrons. The van der Waals surface area contributed by atoms with E-state index in [9.17, 15) is 15.2 Å². The van der Waals surface area contributed by atoms with Gasteiger partial charge in [-0.2, -0.15) is 0 Å². The van der Waals surface area contributed by atoms with Gasteiger partial charge in [-0.25, -0.2) is 0 Å². The molecule has 0 aliphatic carbocycles. The standard InChI is InChI=1S/C12H15ClN2O4/c13-10-2-1-9(12(5-10)15(17)18)6-14-3-4-19-8-11(14)7-16/h1-2,5,11,16H,3-4,6-8H2. The van der Waals surface area contributed by atoms with E-state index in [-0.39, 0.29) is 18.3 Å². The number of rotatable bonds is 4. The summed E-state index contributed by atoms with van der Waals surface area (Å²) < 4.78 is 5.28. The van der Waals surface area contributed by atoms with Crippen molar-refractivity contribution < 1.29 is 14.8 Å². The van der Waals surface area contributed by atoms with Crippen LogP contribution in [0.4, 0.5) is 5.69 Å². The Labute approximate surface area is 115 Å². The molecule has 1 aromatic rings. The molecule has 19 heavy (non-hydrogen) atoms. The number of nitro benzene ring substituents is 1. The second-order valence-corrected chi connectivity index (χ2v) is 4.85. The Hall–Kier alpha value is -1.21. The van der Waals surface area contributed by atoms with E-state index in [2.05, 4.69) is 0 Å². The summed E-state index contributed by atoms with van der Waals surface area (Å²) in [5.41, 5.74) is 0.602. The van der Waals surface area contributed by atoms with E-state index in [1.165, 1.54) is 6.07 Å². The monoisotopic (exact) mass is 286 g/mol. The third kappa shape index (κ3) is 3.42. The number of ether oxygens (including phenoxy) is 1. The summed E-state index contributed by atoms with van der Waals surface area (Å²) >= 11 is 5.78. The summed E-state index contributed by atoms with van der Waals surface area (Å²) in [7, 11) is 0. The Balaban J connectivity index is 2.20. The first-order valence-corrected chi connectivity index (χ1v) is 6.35. The van der Waals surface area contributed by atoms with Crippen molar-refractivity contribution in [3.63, 3.8) is 0 Å². The van der Waals surface area contributed by atoms with Crippen molar-refractivity contribution >= 4 is 17.3 Å². The Bertz CT molecular complexity index is 469. The van der Waals surface area contributed by atoms with Gasteiger partial charge in [0.25, 0.3) is 5.69 Å². The summed E-state index contributed by atoms with van der Waals surface area (Å²) in [6.45, 7) is 2.03. The number of aliphatic hydroxyl groups is 1. The molecule has 0 aromatic heterocycles. The maximum absolute atomic E-state index is 11.0. The summed E-state index contributed by atoms with van der Waals surface area (Å²) in [5.74, 6) is 0. The van der Waals surface area contributed by atoms with Crippen LogP contribution in [0.25, 0.3) is 0 Å². The highest BCUT2D eigenvalue weighted by Gasteiger charge is 2.25. The molecule has 104 valence electrons.